The van der Waals surface area contributed by atoms with Gasteiger partial charge in [-0.05, 0) is 68.3 Å². The molecule has 4 rings (SSSR count). The first-order valence-electron chi connectivity index (χ1n) is 10.6. The Morgan fingerprint density at radius 2 is 1.94 bits per heavy atom. The van der Waals surface area contributed by atoms with Gasteiger partial charge in [-0.3, -0.25) is 9.69 Å². The Hall–Kier alpha value is -2.90. The lowest BCUT2D eigenvalue weighted by molar-refractivity contribution is -0.116. The van der Waals surface area contributed by atoms with Crippen molar-refractivity contribution in [3.05, 3.63) is 70.6 Å². The van der Waals surface area contributed by atoms with Gasteiger partial charge in [0.05, 0.1) is 11.1 Å². The third-order valence-electron chi connectivity index (χ3n) is 5.74. The number of nitrogens with zero attached hydrogens (tertiary/aromatic N) is 1. The van der Waals surface area contributed by atoms with Crippen molar-refractivity contribution in [2.24, 2.45) is 0 Å². The second-order valence-corrected chi connectivity index (χ2v) is 8.46. The summed E-state index contributed by atoms with van der Waals surface area (Å²) in [6.07, 6.45) is 4.81. The maximum Gasteiger partial charge on any atom is 0.326 e. The smallest absolute Gasteiger partial charge is 0.326 e. The summed E-state index contributed by atoms with van der Waals surface area (Å²) < 4.78 is 19.5. The SMILES string of the molecule is Cc1cc(Cl)c(OC2CCNCC2)cc1NC(=O)N1C=CC(=O)CC1c1ccc(F)cc1. The van der Waals surface area contributed by atoms with Crippen LogP contribution >= 0.6 is 11.6 Å². The molecule has 0 aliphatic carbocycles. The largest absolute Gasteiger partial charge is 0.489 e. The number of allylic oxidation sites excluding steroid dienone is 1. The topological polar surface area (TPSA) is 70.7 Å². The summed E-state index contributed by atoms with van der Waals surface area (Å²) >= 11 is 6.39. The van der Waals surface area contributed by atoms with E-state index in [0.29, 0.717) is 22.0 Å². The number of carbonyl (C=O) groups is 2. The lowest BCUT2D eigenvalue weighted by atomic mass is 9.97. The first kappa shape index (κ1) is 22.3. The zero-order valence-corrected chi connectivity index (χ0v) is 18.5. The number of amides is 2. The summed E-state index contributed by atoms with van der Waals surface area (Å²) in [5, 5.41) is 6.70. The number of hydrogen-bond acceptors (Lipinski definition) is 4. The first-order chi connectivity index (χ1) is 15.4. The third kappa shape index (κ3) is 5.11. The van der Waals surface area contributed by atoms with E-state index >= 15 is 0 Å². The van der Waals surface area contributed by atoms with Crippen LogP contribution in [0.5, 0.6) is 5.75 Å². The molecule has 2 aliphatic rings. The van der Waals surface area contributed by atoms with Gasteiger partial charge in [0.2, 0.25) is 0 Å². The van der Waals surface area contributed by atoms with Crippen molar-refractivity contribution in [1.29, 1.82) is 0 Å². The molecule has 2 heterocycles. The van der Waals surface area contributed by atoms with Gasteiger partial charge in [0.1, 0.15) is 17.7 Å². The van der Waals surface area contributed by atoms with E-state index in [1.165, 1.54) is 29.3 Å². The quantitative estimate of drug-likeness (QED) is 0.679. The summed E-state index contributed by atoms with van der Waals surface area (Å²) in [5.74, 6) is 0.0584. The van der Waals surface area contributed by atoms with Crippen molar-refractivity contribution in [3.8, 4) is 5.75 Å². The summed E-state index contributed by atoms with van der Waals surface area (Å²) in [7, 11) is 0. The van der Waals surface area contributed by atoms with Gasteiger partial charge in [0, 0.05) is 24.4 Å². The molecule has 6 nitrogen and oxygen atoms in total. The highest BCUT2D eigenvalue weighted by molar-refractivity contribution is 6.32. The van der Waals surface area contributed by atoms with Crippen LogP contribution in [0.15, 0.2) is 48.7 Å². The number of anilines is 1. The Labute approximate surface area is 191 Å². The molecule has 1 unspecified atom stereocenters. The number of piperidine rings is 1. The number of ether oxygens (including phenoxy) is 1. The number of benzene rings is 2. The molecule has 8 heteroatoms. The van der Waals surface area contributed by atoms with Gasteiger partial charge >= 0.3 is 6.03 Å². The molecule has 2 aromatic rings. The molecule has 1 saturated heterocycles. The number of nitrogens with one attached hydrogen (secondary N) is 2. The fraction of sp³-hybridized carbons (Fsp3) is 0.333. The zero-order valence-electron chi connectivity index (χ0n) is 17.7. The molecule has 0 spiro atoms. The number of carbonyl (C=O) groups excluding carboxylic acids is 2. The fourth-order valence-corrected chi connectivity index (χ4v) is 4.21. The average Bonchev–Trinajstić information content (AvgIpc) is 2.78. The minimum atomic E-state index is -0.522. The van der Waals surface area contributed by atoms with Crippen molar-refractivity contribution in [3.63, 3.8) is 0 Å². The zero-order chi connectivity index (χ0) is 22.7. The van der Waals surface area contributed by atoms with Gasteiger partial charge in [0.25, 0.3) is 0 Å². The predicted molar refractivity (Wildman–Crippen MR) is 121 cm³/mol. The lowest BCUT2D eigenvalue weighted by Crippen LogP contribution is -2.37. The van der Waals surface area contributed by atoms with Gasteiger partial charge in [-0.2, -0.15) is 0 Å². The maximum absolute atomic E-state index is 13.4. The summed E-state index contributed by atoms with van der Waals surface area (Å²) in [6.45, 7) is 3.63. The summed E-state index contributed by atoms with van der Waals surface area (Å²) in [5.41, 5.74) is 2.05. The van der Waals surface area contributed by atoms with Gasteiger partial charge in [0.15, 0.2) is 5.78 Å². The Kier molecular flexibility index (Phi) is 6.77. The second kappa shape index (κ2) is 9.71. The van der Waals surface area contributed by atoms with Gasteiger partial charge < -0.3 is 15.4 Å². The van der Waals surface area contributed by atoms with Crippen molar-refractivity contribution in [2.45, 2.75) is 38.3 Å². The molecule has 2 N–H and O–H groups in total. The average molecular weight is 458 g/mol. The van der Waals surface area contributed by atoms with Crippen molar-refractivity contribution >= 4 is 29.1 Å². The molecule has 0 saturated carbocycles. The number of rotatable bonds is 4. The standard InChI is InChI=1S/C24H25ClFN3O3/c1-15-12-20(25)23(32-19-6-9-27-10-7-19)14-21(15)28-24(31)29-11-8-18(30)13-22(29)16-2-4-17(26)5-3-16/h2-5,8,11-12,14,19,22,27H,6-7,9-10,13H2,1H3,(H,28,31). The monoisotopic (exact) mass is 457 g/mol. The van der Waals surface area contributed by atoms with E-state index in [0.717, 1.165) is 31.5 Å². The van der Waals surface area contributed by atoms with E-state index in [1.807, 2.05) is 6.92 Å². The van der Waals surface area contributed by atoms with E-state index in [2.05, 4.69) is 10.6 Å². The summed E-state index contributed by atoms with van der Waals surface area (Å²) in [6, 6.07) is 8.40. The van der Waals surface area contributed by atoms with Gasteiger partial charge in [-0.25, -0.2) is 9.18 Å². The van der Waals surface area contributed by atoms with E-state index in [4.69, 9.17) is 16.3 Å². The van der Waals surface area contributed by atoms with E-state index in [9.17, 15) is 14.0 Å². The Bertz CT molecular complexity index is 1040. The number of halogens is 2. The van der Waals surface area contributed by atoms with E-state index < -0.39 is 12.1 Å². The summed E-state index contributed by atoms with van der Waals surface area (Å²) in [4.78, 5) is 26.6. The number of aryl methyl sites for hydroxylation is 1. The molecule has 32 heavy (non-hydrogen) atoms. The van der Waals surface area contributed by atoms with Crippen LogP contribution in [-0.2, 0) is 4.79 Å². The highest BCUT2D eigenvalue weighted by atomic mass is 35.5. The maximum atomic E-state index is 13.4. The van der Waals surface area contributed by atoms with Crippen LogP contribution in [0.4, 0.5) is 14.9 Å². The van der Waals surface area contributed by atoms with Crippen LogP contribution in [0, 0.1) is 12.7 Å². The van der Waals surface area contributed by atoms with Crippen molar-refractivity contribution in [2.75, 3.05) is 18.4 Å². The van der Waals surface area contributed by atoms with Crippen LogP contribution < -0.4 is 15.4 Å². The fourth-order valence-electron chi connectivity index (χ4n) is 3.95. The molecule has 1 atom stereocenters. The Balaban J connectivity index is 1.55. The molecular formula is C24H25ClFN3O3. The molecule has 2 amide bonds. The molecule has 0 bridgehead atoms. The van der Waals surface area contributed by atoms with E-state index in [1.54, 1.807) is 24.3 Å². The number of hydrogen-bond donors (Lipinski definition) is 2. The van der Waals surface area contributed by atoms with Gasteiger partial charge in [-0.1, -0.05) is 23.7 Å². The molecule has 168 valence electrons. The highest BCUT2D eigenvalue weighted by Gasteiger charge is 2.29. The van der Waals surface area contributed by atoms with Crippen LogP contribution in [0.2, 0.25) is 5.02 Å². The Morgan fingerprint density at radius 3 is 2.66 bits per heavy atom. The molecular weight excluding hydrogens is 433 g/mol. The van der Waals surface area contributed by atoms with Crippen LogP contribution in [0.3, 0.4) is 0 Å². The molecule has 0 aromatic heterocycles. The second-order valence-electron chi connectivity index (χ2n) is 8.06. The first-order valence-corrected chi connectivity index (χ1v) is 11.0. The van der Waals surface area contributed by atoms with Crippen LogP contribution in [0.1, 0.15) is 36.4 Å². The van der Waals surface area contributed by atoms with Crippen molar-refractivity contribution in [1.82, 2.24) is 10.2 Å². The highest BCUT2D eigenvalue weighted by Crippen LogP contribution is 2.34. The van der Waals surface area contributed by atoms with Crippen molar-refractivity contribution < 1.29 is 18.7 Å². The molecule has 2 aromatic carbocycles. The van der Waals surface area contributed by atoms with Gasteiger partial charge in [-0.15, -0.1) is 0 Å². The minimum absolute atomic E-state index is 0.0684. The normalized spacial score (nSPS) is 19.2. The Morgan fingerprint density at radius 1 is 1.22 bits per heavy atom. The molecule has 2 aliphatic heterocycles. The van der Waals surface area contributed by atoms with Crippen LogP contribution in [0.25, 0.3) is 0 Å². The molecule has 1 fully saturated rings. The number of ketones is 1. The van der Waals surface area contributed by atoms with Crippen LogP contribution in [-0.4, -0.2) is 35.9 Å². The minimum Gasteiger partial charge on any atom is -0.489 e. The third-order valence-corrected chi connectivity index (χ3v) is 6.04. The van der Waals surface area contributed by atoms with E-state index in [-0.39, 0.29) is 24.1 Å². The predicted octanol–water partition coefficient (Wildman–Crippen LogP) is 4.98. The number of urea groups is 1. The molecule has 0 radical (unpaired) electrons. The lowest BCUT2D eigenvalue weighted by Gasteiger charge is -2.31.